The van der Waals surface area contributed by atoms with Crippen LogP contribution in [0.15, 0.2) is 18.2 Å². The fourth-order valence-corrected chi connectivity index (χ4v) is 4.41. The van der Waals surface area contributed by atoms with Crippen molar-refractivity contribution in [1.29, 1.82) is 0 Å². The Hall–Kier alpha value is -0.820. The molecule has 2 fully saturated rings. The summed E-state index contributed by atoms with van der Waals surface area (Å²) in [5, 5.41) is 11.1. The van der Waals surface area contributed by atoms with Crippen LogP contribution in [0.3, 0.4) is 0 Å². The molecule has 0 aliphatic heterocycles. The standard InChI is InChI=1S/C17H24O/c1-11-4-5-12(2)15(8-11)17(3,18)16-10-13-6-7-14(16)9-13/h4-5,8,13-14,16,18H,6-7,9-10H2,1-3H3. The molecule has 2 aliphatic rings. The molecule has 0 spiro atoms. The Bertz CT molecular complexity index is 461. The maximum absolute atomic E-state index is 11.1. The van der Waals surface area contributed by atoms with E-state index in [-0.39, 0.29) is 0 Å². The van der Waals surface area contributed by atoms with E-state index in [1.165, 1.54) is 36.8 Å². The van der Waals surface area contributed by atoms with E-state index in [2.05, 4.69) is 32.0 Å². The zero-order chi connectivity index (χ0) is 12.9. The average molecular weight is 244 g/mol. The number of benzene rings is 1. The number of rotatable bonds is 2. The van der Waals surface area contributed by atoms with Crippen molar-refractivity contribution >= 4 is 0 Å². The van der Waals surface area contributed by atoms with E-state index < -0.39 is 5.60 Å². The van der Waals surface area contributed by atoms with Gasteiger partial charge in [-0.1, -0.05) is 30.2 Å². The molecule has 2 aliphatic carbocycles. The largest absolute Gasteiger partial charge is 0.385 e. The highest BCUT2D eigenvalue weighted by Crippen LogP contribution is 2.54. The molecule has 3 rings (SSSR count). The minimum Gasteiger partial charge on any atom is -0.385 e. The molecule has 1 N–H and O–H groups in total. The van der Waals surface area contributed by atoms with Gasteiger partial charge in [0, 0.05) is 0 Å². The van der Waals surface area contributed by atoms with E-state index in [1.54, 1.807) is 0 Å². The number of fused-ring (bicyclic) bond motifs is 2. The Balaban J connectivity index is 1.96. The molecule has 4 unspecified atom stereocenters. The van der Waals surface area contributed by atoms with Gasteiger partial charge in [-0.3, -0.25) is 0 Å². The van der Waals surface area contributed by atoms with E-state index >= 15 is 0 Å². The first-order chi connectivity index (χ1) is 8.48. The lowest BCUT2D eigenvalue weighted by atomic mass is 9.72. The summed E-state index contributed by atoms with van der Waals surface area (Å²) in [7, 11) is 0. The van der Waals surface area contributed by atoms with Crippen LogP contribution in [0.4, 0.5) is 0 Å². The van der Waals surface area contributed by atoms with Gasteiger partial charge < -0.3 is 5.11 Å². The average Bonchev–Trinajstić information content (AvgIpc) is 2.94. The van der Waals surface area contributed by atoms with Crippen molar-refractivity contribution < 1.29 is 5.11 Å². The van der Waals surface area contributed by atoms with Crippen LogP contribution in [0.5, 0.6) is 0 Å². The summed E-state index contributed by atoms with van der Waals surface area (Å²) in [6, 6.07) is 6.46. The number of hydrogen-bond donors (Lipinski definition) is 1. The van der Waals surface area contributed by atoms with Gasteiger partial charge in [0.2, 0.25) is 0 Å². The molecule has 2 bridgehead atoms. The van der Waals surface area contributed by atoms with Crippen LogP contribution < -0.4 is 0 Å². The molecule has 2 saturated carbocycles. The van der Waals surface area contributed by atoms with Gasteiger partial charge in [0.15, 0.2) is 0 Å². The summed E-state index contributed by atoms with van der Waals surface area (Å²) < 4.78 is 0. The van der Waals surface area contributed by atoms with Crippen LogP contribution in [0, 0.1) is 31.6 Å². The second-order valence-corrected chi connectivity index (χ2v) is 6.75. The monoisotopic (exact) mass is 244 g/mol. The Kier molecular flexibility index (Phi) is 2.78. The Labute approximate surface area is 110 Å². The molecule has 1 aromatic rings. The number of hydrogen-bond acceptors (Lipinski definition) is 1. The van der Waals surface area contributed by atoms with Gasteiger partial charge >= 0.3 is 0 Å². The van der Waals surface area contributed by atoms with Crippen LogP contribution in [-0.4, -0.2) is 5.11 Å². The lowest BCUT2D eigenvalue weighted by molar-refractivity contribution is -0.0302. The highest BCUT2D eigenvalue weighted by atomic mass is 16.3. The molecule has 0 heterocycles. The van der Waals surface area contributed by atoms with E-state index in [9.17, 15) is 5.11 Å². The second kappa shape index (κ2) is 4.09. The van der Waals surface area contributed by atoms with Crippen molar-refractivity contribution in [3.63, 3.8) is 0 Å². The van der Waals surface area contributed by atoms with Crippen molar-refractivity contribution in [2.24, 2.45) is 17.8 Å². The molecule has 0 radical (unpaired) electrons. The van der Waals surface area contributed by atoms with Crippen LogP contribution in [-0.2, 0) is 5.60 Å². The van der Waals surface area contributed by atoms with Crippen LogP contribution in [0.25, 0.3) is 0 Å². The second-order valence-electron chi connectivity index (χ2n) is 6.75. The lowest BCUT2D eigenvalue weighted by Crippen LogP contribution is -2.36. The number of aliphatic hydroxyl groups is 1. The van der Waals surface area contributed by atoms with Gasteiger partial charge in [0.1, 0.15) is 0 Å². The highest BCUT2D eigenvalue weighted by molar-refractivity contribution is 5.35. The van der Waals surface area contributed by atoms with Crippen LogP contribution in [0.2, 0.25) is 0 Å². The van der Waals surface area contributed by atoms with Crippen molar-refractivity contribution in [3.8, 4) is 0 Å². The topological polar surface area (TPSA) is 20.2 Å². The normalized spacial score (nSPS) is 33.7. The van der Waals surface area contributed by atoms with Crippen LogP contribution >= 0.6 is 0 Å². The maximum atomic E-state index is 11.1. The van der Waals surface area contributed by atoms with Gasteiger partial charge in [-0.25, -0.2) is 0 Å². The Morgan fingerprint density at radius 2 is 1.94 bits per heavy atom. The summed E-state index contributed by atoms with van der Waals surface area (Å²) in [6.07, 6.45) is 5.30. The molecular formula is C17H24O. The molecule has 0 aromatic heterocycles. The summed E-state index contributed by atoms with van der Waals surface area (Å²) >= 11 is 0. The number of aryl methyl sites for hydroxylation is 2. The fourth-order valence-electron chi connectivity index (χ4n) is 4.41. The first-order valence-electron chi connectivity index (χ1n) is 7.28. The first-order valence-corrected chi connectivity index (χ1v) is 7.28. The van der Waals surface area contributed by atoms with Crippen molar-refractivity contribution in [2.45, 2.75) is 52.1 Å². The third-order valence-corrected chi connectivity index (χ3v) is 5.40. The molecule has 18 heavy (non-hydrogen) atoms. The molecule has 1 nitrogen and oxygen atoms in total. The molecule has 1 aromatic carbocycles. The third kappa shape index (κ3) is 1.80. The Morgan fingerprint density at radius 3 is 2.56 bits per heavy atom. The minimum absolute atomic E-state index is 0.469. The van der Waals surface area contributed by atoms with E-state index in [0.717, 1.165) is 17.4 Å². The zero-order valence-electron chi connectivity index (χ0n) is 11.7. The summed E-state index contributed by atoms with van der Waals surface area (Å²) in [5.74, 6) is 2.11. The quantitative estimate of drug-likeness (QED) is 0.835. The maximum Gasteiger partial charge on any atom is 0.0901 e. The van der Waals surface area contributed by atoms with Crippen LogP contribution in [0.1, 0.15) is 49.3 Å². The molecule has 4 atom stereocenters. The third-order valence-electron chi connectivity index (χ3n) is 5.40. The zero-order valence-corrected chi connectivity index (χ0v) is 11.7. The lowest BCUT2D eigenvalue weighted by Gasteiger charge is -2.37. The summed E-state index contributed by atoms with van der Waals surface area (Å²) in [6.45, 7) is 6.27. The predicted molar refractivity (Wildman–Crippen MR) is 74.4 cm³/mol. The van der Waals surface area contributed by atoms with Gasteiger partial charge in [-0.15, -0.1) is 0 Å². The molecule has 0 saturated heterocycles. The first kappa shape index (κ1) is 12.2. The molecular weight excluding hydrogens is 220 g/mol. The van der Waals surface area contributed by atoms with Crippen molar-refractivity contribution in [3.05, 3.63) is 34.9 Å². The smallest absolute Gasteiger partial charge is 0.0901 e. The Morgan fingerprint density at radius 1 is 1.17 bits per heavy atom. The van der Waals surface area contributed by atoms with Gasteiger partial charge in [0.05, 0.1) is 5.60 Å². The van der Waals surface area contributed by atoms with Gasteiger partial charge in [-0.2, -0.15) is 0 Å². The SMILES string of the molecule is Cc1ccc(C)c(C(C)(O)C2CC3CCC2C3)c1. The molecule has 0 amide bonds. The van der Waals surface area contributed by atoms with Crippen molar-refractivity contribution in [1.82, 2.24) is 0 Å². The van der Waals surface area contributed by atoms with E-state index in [0.29, 0.717) is 5.92 Å². The van der Waals surface area contributed by atoms with Crippen molar-refractivity contribution in [2.75, 3.05) is 0 Å². The fraction of sp³-hybridized carbons (Fsp3) is 0.647. The molecule has 1 heteroatoms. The predicted octanol–water partition coefficient (Wildman–Crippen LogP) is 3.95. The minimum atomic E-state index is -0.643. The van der Waals surface area contributed by atoms with Gasteiger partial charge in [0.25, 0.3) is 0 Å². The highest BCUT2D eigenvalue weighted by Gasteiger charge is 2.48. The molecule has 98 valence electrons. The summed E-state index contributed by atoms with van der Waals surface area (Å²) in [4.78, 5) is 0. The van der Waals surface area contributed by atoms with Gasteiger partial charge in [-0.05, 0) is 68.9 Å². The summed E-state index contributed by atoms with van der Waals surface area (Å²) in [5.41, 5.74) is 2.99. The van der Waals surface area contributed by atoms with E-state index in [1.807, 2.05) is 6.92 Å². The van der Waals surface area contributed by atoms with E-state index in [4.69, 9.17) is 0 Å².